The summed E-state index contributed by atoms with van der Waals surface area (Å²) in [4.78, 5) is 11.9. The van der Waals surface area contributed by atoms with Crippen LogP contribution in [0.5, 0.6) is 0 Å². The first-order valence-electron chi connectivity index (χ1n) is 5.37. The van der Waals surface area contributed by atoms with Crippen molar-refractivity contribution in [2.75, 3.05) is 0 Å². The third kappa shape index (κ3) is 1.25. The number of allylic oxidation sites excluding steroid dienone is 2. The molecule has 0 bridgehead atoms. The molecule has 0 aromatic carbocycles. The summed E-state index contributed by atoms with van der Waals surface area (Å²) in [6.07, 6.45) is 6.59. The van der Waals surface area contributed by atoms with Gasteiger partial charge < -0.3 is 0 Å². The highest BCUT2D eigenvalue weighted by Gasteiger charge is 2.41. The second-order valence-electron chi connectivity index (χ2n) is 4.72. The molecule has 0 aliphatic heterocycles. The van der Waals surface area contributed by atoms with E-state index in [1.165, 1.54) is 30.4 Å². The van der Waals surface area contributed by atoms with Crippen LogP contribution in [0.2, 0.25) is 0 Å². The largest absolute Gasteiger partial charge is 0.299 e. The van der Waals surface area contributed by atoms with E-state index in [0.29, 0.717) is 5.78 Å². The van der Waals surface area contributed by atoms with Gasteiger partial charge in [0.25, 0.3) is 0 Å². The summed E-state index contributed by atoms with van der Waals surface area (Å²) in [6.45, 7) is 4.37. The van der Waals surface area contributed by atoms with E-state index in [1.54, 1.807) is 0 Å². The zero-order chi connectivity index (χ0) is 9.47. The van der Waals surface area contributed by atoms with Crippen LogP contribution in [0.1, 0.15) is 52.4 Å². The van der Waals surface area contributed by atoms with Crippen molar-refractivity contribution in [3.05, 3.63) is 11.1 Å². The van der Waals surface area contributed by atoms with Gasteiger partial charge in [0.2, 0.25) is 0 Å². The summed E-state index contributed by atoms with van der Waals surface area (Å²) in [5, 5.41) is 0. The fourth-order valence-corrected chi connectivity index (χ4v) is 2.93. The Hall–Kier alpha value is -0.590. The van der Waals surface area contributed by atoms with Crippen LogP contribution in [0.25, 0.3) is 0 Å². The molecule has 1 saturated carbocycles. The van der Waals surface area contributed by atoms with Crippen molar-refractivity contribution in [3.8, 4) is 0 Å². The summed E-state index contributed by atoms with van der Waals surface area (Å²) < 4.78 is 0. The zero-order valence-corrected chi connectivity index (χ0v) is 8.65. The van der Waals surface area contributed by atoms with Crippen LogP contribution in [-0.2, 0) is 4.79 Å². The van der Waals surface area contributed by atoms with Gasteiger partial charge in [0.15, 0.2) is 0 Å². The molecule has 1 heteroatoms. The van der Waals surface area contributed by atoms with Crippen LogP contribution < -0.4 is 0 Å². The maximum absolute atomic E-state index is 11.9. The maximum atomic E-state index is 11.9. The Labute approximate surface area is 80.2 Å². The second-order valence-corrected chi connectivity index (χ2v) is 4.72. The Kier molecular flexibility index (Phi) is 2.05. The van der Waals surface area contributed by atoms with Crippen molar-refractivity contribution in [3.63, 3.8) is 0 Å². The lowest BCUT2D eigenvalue weighted by Crippen LogP contribution is -2.36. The number of fused-ring (bicyclic) bond motifs is 1. The maximum Gasteiger partial charge on any atom is 0.143 e. The van der Waals surface area contributed by atoms with Gasteiger partial charge in [0.05, 0.1) is 0 Å². The summed E-state index contributed by atoms with van der Waals surface area (Å²) in [7, 11) is 0. The smallest absolute Gasteiger partial charge is 0.143 e. The van der Waals surface area contributed by atoms with Gasteiger partial charge in [-0.05, 0) is 39.5 Å². The number of carbonyl (C=O) groups is 1. The average Bonchev–Trinajstić information content (AvgIpc) is 2.12. The van der Waals surface area contributed by atoms with Crippen LogP contribution in [0.4, 0.5) is 0 Å². The van der Waals surface area contributed by atoms with Gasteiger partial charge in [-0.1, -0.05) is 17.6 Å². The molecule has 2 aliphatic carbocycles. The standard InChI is InChI=1S/C12H18O/c1-9-6-7-11(13)12(2)8-4-3-5-10(9)12/h3-8H2,1-2H3. The van der Waals surface area contributed by atoms with E-state index in [1.807, 2.05) is 0 Å². The van der Waals surface area contributed by atoms with E-state index >= 15 is 0 Å². The molecule has 1 unspecified atom stereocenters. The highest BCUT2D eigenvalue weighted by molar-refractivity contribution is 5.89. The van der Waals surface area contributed by atoms with Crippen molar-refractivity contribution in [2.45, 2.75) is 52.4 Å². The number of rotatable bonds is 0. The van der Waals surface area contributed by atoms with E-state index in [2.05, 4.69) is 13.8 Å². The molecule has 1 nitrogen and oxygen atoms in total. The lowest BCUT2D eigenvalue weighted by Gasteiger charge is -2.39. The monoisotopic (exact) mass is 178 g/mol. The third-order valence-electron chi connectivity index (χ3n) is 3.88. The Morgan fingerprint density at radius 2 is 1.92 bits per heavy atom. The molecule has 0 amide bonds. The number of hydrogen-bond acceptors (Lipinski definition) is 1. The number of hydrogen-bond donors (Lipinski definition) is 0. The Morgan fingerprint density at radius 1 is 1.15 bits per heavy atom. The quantitative estimate of drug-likeness (QED) is 0.520. The van der Waals surface area contributed by atoms with Crippen LogP contribution >= 0.6 is 0 Å². The Balaban J connectivity index is 2.42. The van der Waals surface area contributed by atoms with Gasteiger partial charge in [0, 0.05) is 11.8 Å². The summed E-state index contributed by atoms with van der Waals surface area (Å²) in [5.74, 6) is 0.493. The average molecular weight is 178 g/mol. The van der Waals surface area contributed by atoms with Crippen molar-refractivity contribution >= 4 is 5.78 Å². The molecule has 1 fully saturated rings. The normalized spacial score (nSPS) is 34.8. The molecule has 0 heterocycles. The number of Topliss-reactive ketones (excluding diaryl/α,β-unsaturated/α-hetero) is 1. The van der Waals surface area contributed by atoms with Crippen molar-refractivity contribution in [1.82, 2.24) is 0 Å². The first-order chi connectivity index (χ1) is 6.14. The molecule has 2 rings (SSSR count). The molecular weight excluding hydrogens is 160 g/mol. The van der Waals surface area contributed by atoms with E-state index in [0.717, 1.165) is 19.3 Å². The van der Waals surface area contributed by atoms with Gasteiger partial charge >= 0.3 is 0 Å². The van der Waals surface area contributed by atoms with Crippen molar-refractivity contribution in [1.29, 1.82) is 0 Å². The molecule has 0 aromatic heterocycles. The molecular formula is C12H18O. The van der Waals surface area contributed by atoms with Crippen LogP contribution in [0.15, 0.2) is 11.1 Å². The lowest BCUT2D eigenvalue weighted by atomic mass is 9.63. The molecule has 13 heavy (non-hydrogen) atoms. The molecule has 0 spiro atoms. The summed E-state index contributed by atoms with van der Waals surface area (Å²) >= 11 is 0. The third-order valence-corrected chi connectivity index (χ3v) is 3.88. The minimum absolute atomic E-state index is 0.0550. The highest BCUT2D eigenvalue weighted by atomic mass is 16.1. The molecule has 72 valence electrons. The SMILES string of the molecule is CC1=C2CCCCC2(C)C(=O)CC1. The van der Waals surface area contributed by atoms with Gasteiger partial charge in [-0.15, -0.1) is 0 Å². The fourth-order valence-electron chi connectivity index (χ4n) is 2.93. The molecule has 0 aromatic rings. The lowest BCUT2D eigenvalue weighted by molar-refractivity contribution is -0.127. The fraction of sp³-hybridized carbons (Fsp3) is 0.750. The number of ketones is 1. The molecule has 0 N–H and O–H groups in total. The first kappa shape index (κ1) is 8.98. The van der Waals surface area contributed by atoms with E-state index < -0.39 is 0 Å². The van der Waals surface area contributed by atoms with Gasteiger partial charge in [-0.25, -0.2) is 0 Å². The van der Waals surface area contributed by atoms with E-state index in [4.69, 9.17) is 0 Å². The summed E-state index contributed by atoms with van der Waals surface area (Å²) in [5.41, 5.74) is 2.93. The van der Waals surface area contributed by atoms with Crippen LogP contribution in [-0.4, -0.2) is 5.78 Å². The predicted molar refractivity (Wildman–Crippen MR) is 53.5 cm³/mol. The Morgan fingerprint density at radius 3 is 2.62 bits per heavy atom. The van der Waals surface area contributed by atoms with E-state index in [-0.39, 0.29) is 5.41 Å². The second kappa shape index (κ2) is 2.97. The predicted octanol–water partition coefficient (Wildman–Crippen LogP) is 3.25. The topological polar surface area (TPSA) is 17.1 Å². The Bertz CT molecular complexity index is 275. The minimum Gasteiger partial charge on any atom is -0.299 e. The highest BCUT2D eigenvalue weighted by Crippen LogP contribution is 2.47. The minimum atomic E-state index is -0.0550. The van der Waals surface area contributed by atoms with E-state index in [9.17, 15) is 4.79 Å². The molecule has 2 aliphatic rings. The first-order valence-corrected chi connectivity index (χ1v) is 5.37. The van der Waals surface area contributed by atoms with Gasteiger partial charge in [0.1, 0.15) is 5.78 Å². The van der Waals surface area contributed by atoms with Gasteiger partial charge in [-0.3, -0.25) is 4.79 Å². The van der Waals surface area contributed by atoms with Crippen LogP contribution in [0.3, 0.4) is 0 Å². The molecule has 0 radical (unpaired) electrons. The van der Waals surface area contributed by atoms with Crippen molar-refractivity contribution < 1.29 is 4.79 Å². The number of carbonyl (C=O) groups excluding carboxylic acids is 1. The zero-order valence-electron chi connectivity index (χ0n) is 8.65. The molecule has 1 atom stereocenters. The van der Waals surface area contributed by atoms with Gasteiger partial charge in [-0.2, -0.15) is 0 Å². The van der Waals surface area contributed by atoms with Crippen molar-refractivity contribution in [2.24, 2.45) is 5.41 Å². The van der Waals surface area contributed by atoms with Crippen LogP contribution in [0, 0.1) is 5.41 Å². The molecule has 0 saturated heterocycles. The summed E-state index contributed by atoms with van der Waals surface area (Å²) in [6, 6.07) is 0.